The molecule has 2 aromatic rings. The molecule has 0 aromatic heterocycles. The van der Waals surface area contributed by atoms with E-state index in [1.54, 1.807) is 31.4 Å². The monoisotopic (exact) mass is 330 g/mol. The zero-order chi connectivity index (χ0) is 17.5. The fraction of sp³-hybridized carbons (Fsp3) is 0.211. The molecule has 0 aliphatic carbocycles. The van der Waals surface area contributed by atoms with E-state index in [-0.39, 0.29) is 17.1 Å². The summed E-state index contributed by atoms with van der Waals surface area (Å²) >= 11 is 0. The number of benzene rings is 2. The fourth-order valence-electron chi connectivity index (χ4n) is 2.15. The summed E-state index contributed by atoms with van der Waals surface area (Å²) in [4.78, 5) is 12.2. The topological polar surface area (TPSA) is 44.8 Å². The quantitative estimate of drug-likeness (QED) is 0.565. The van der Waals surface area contributed by atoms with E-state index in [0.717, 1.165) is 11.6 Å². The number of hydrogen-bond donors (Lipinski definition) is 0. The molecule has 2 rings (SSSR count). The van der Waals surface area contributed by atoms with Gasteiger partial charge in [0, 0.05) is 5.56 Å². The van der Waals surface area contributed by atoms with Gasteiger partial charge in [0.15, 0.2) is 28.8 Å². The van der Waals surface area contributed by atoms with E-state index in [0.29, 0.717) is 18.1 Å². The van der Waals surface area contributed by atoms with Gasteiger partial charge in [-0.15, -0.1) is 0 Å². The molecule has 0 fully saturated rings. The van der Waals surface area contributed by atoms with Crippen LogP contribution in [0.3, 0.4) is 0 Å². The van der Waals surface area contributed by atoms with Crippen LogP contribution in [0.25, 0.3) is 6.08 Å². The summed E-state index contributed by atoms with van der Waals surface area (Å²) in [5.74, 6) is 0.458. The van der Waals surface area contributed by atoms with Gasteiger partial charge in [-0.1, -0.05) is 12.1 Å². The van der Waals surface area contributed by atoms with Crippen molar-refractivity contribution in [2.75, 3.05) is 20.8 Å². The molecule has 24 heavy (non-hydrogen) atoms. The SMILES string of the molecule is CCOc1cc(/C=C/C(=O)c2ccc(OC)c(F)c2)ccc1OC. The molecule has 0 saturated carbocycles. The third-order valence-electron chi connectivity index (χ3n) is 3.35. The van der Waals surface area contributed by atoms with Crippen LogP contribution in [0.15, 0.2) is 42.5 Å². The van der Waals surface area contributed by atoms with Crippen molar-refractivity contribution in [2.45, 2.75) is 6.92 Å². The van der Waals surface area contributed by atoms with Crippen molar-refractivity contribution in [3.63, 3.8) is 0 Å². The second-order valence-corrected chi connectivity index (χ2v) is 4.89. The van der Waals surface area contributed by atoms with Crippen LogP contribution in [0.5, 0.6) is 17.2 Å². The van der Waals surface area contributed by atoms with Crippen molar-refractivity contribution in [1.29, 1.82) is 0 Å². The summed E-state index contributed by atoms with van der Waals surface area (Å²) in [6.07, 6.45) is 3.03. The first-order chi connectivity index (χ1) is 11.6. The predicted octanol–water partition coefficient (Wildman–Crippen LogP) is 4.14. The first-order valence-electron chi connectivity index (χ1n) is 7.45. The molecule has 0 spiro atoms. The maximum absolute atomic E-state index is 13.7. The number of halogens is 1. The van der Waals surface area contributed by atoms with E-state index >= 15 is 0 Å². The van der Waals surface area contributed by atoms with E-state index < -0.39 is 5.82 Å². The van der Waals surface area contributed by atoms with Gasteiger partial charge in [-0.3, -0.25) is 4.79 Å². The Hall–Kier alpha value is -2.82. The van der Waals surface area contributed by atoms with Crippen LogP contribution in [0, 0.1) is 5.82 Å². The standard InChI is InChI=1S/C19H19FO4/c1-4-24-19-11-13(6-9-18(19)23-3)5-8-16(21)14-7-10-17(22-2)15(20)12-14/h5-12H,4H2,1-3H3/b8-5+. The highest BCUT2D eigenvalue weighted by atomic mass is 19.1. The van der Waals surface area contributed by atoms with E-state index in [9.17, 15) is 9.18 Å². The molecule has 0 heterocycles. The third kappa shape index (κ3) is 4.13. The first-order valence-corrected chi connectivity index (χ1v) is 7.45. The predicted molar refractivity (Wildman–Crippen MR) is 90.5 cm³/mol. The van der Waals surface area contributed by atoms with Gasteiger partial charge in [-0.25, -0.2) is 4.39 Å². The number of rotatable bonds is 7. The maximum Gasteiger partial charge on any atom is 0.185 e. The second kappa shape index (κ2) is 8.15. The van der Waals surface area contributed by atoms with E-state index in [1.807, 2.05) is 6.92 Å². The Kier molecular flexibility index (Phi) is 5.95. The van der Waals surface area contributed by atoms with Crippen LogP contribution in [-0.2, 0) is 0 Å². The van der Waals surface area contributed by atoms with Gasteiger partial charge in [0.2, 0.25) is 0 Å². The molecule has 0 radical (unpaired) electrons. The van der Waals surface area contributed by atoms with Crippen molar-refractivity contribution in [3.8, 4) is 17.2 Å². The molecule has 0 atom stereocenters. The molecule has 0 amide bonds. The molecule has 126 valence electrons. The molecule has 0 saturated heterocycles. The molecule has 0 aliphatic heterocycles. The Balaban J connectivity index is 2.19. The normalized spacial score (nSPS) is 10.7. The second-order valence-electron chi connectivity index (χ2n) is 4.89. The Labute approximate surface area is 140 Å². The molecular weight excluding hydrogens is 311 g/mol. The summed E-state index contributed by atoms with van der Waals surface area (Å²) in [5.41, 5.74) is 1.03. The van der Waals surface area contributed by atoms with Crippen LogP contribution >= 0.6 is 0 Å². The van der Waals surface area contributed by atoms with E-state index in [4.69, 9.17) is 14.2 Å². The minimum absolute atomic E-state index is 0.104. The molecule has 0 aliphatic rings. The highest BCUT2D eigenvalue weighted by Crippen LogP contribution is 2.28. The Morgan fingerprint density at radius 2 is 1.75 bits per heavy atom. The van der Waals surface area contributed by atoms with Gasteiger partial charge in [0.05, 0.1) is 20.8 Å². The van der Waals surface area contributed by atoms with Gasteiger partial charge in [-0.2, -0.15) is 0 Å². The molecule has 0 N–H and O–H groups in total. The summed E-state index contributed by atoms with van der Waals surface area (Å²) in [7, 11) is 2.94. The lowest BCUT2D eigenvalue weighted by molar-refractivity contribution is 0.104. The zero-order valence-corrected chi connectivity index (χ0v) is 13.8. The molecule has 0 unspecified atom stereocenters. The number of ether oxygens (including phenoxy) is 3. The third-order valence-corrected chi connectivity index (χ3v) is 3.35. The molecular formula is C19H19FO4. The Bertz CT molecular complexity index is 753. The van der Waals surface area contributed by atoms with Gasteiger partial charge in [0.1, 0.15) is 0 Å². The Morgan fingerprint density at radius 1 is 1.04 bits per heavy atom. The van der Waals surface area contributed by atoms with Crippen LogP contribution in [-0.4, -0.2) is 26.6 Å². The van der Waals surface area contributed by atoms with Gasteiger partial charge >= 0.3 is 0 Å². The molecule has 2 aromatic carbocycles. The minimum atomic E-state index is -0.570. The van der Waals surface area contributed by atoms with Crippen molar-refractivity contribution >= 4 is 11.9 Å². The van der Waals surface area contributed by atoms with E-state index in [1.165, 1.54) is 25.3 Å². The van der Waals surface area contributed by atoms with Crippen molar-refractivity contribution in [3.05, 3.63) is 59.4 Å². The molecule has 4 nitrogen and oxygen atoms in total. The largest absolute Gasteiger partial charge is 0.494 e. The first kappa shape index (κ1) is 17.5. The van der Waals surface area contributed by atoms with Crippen molar-refractivity contribution in [1.82, 2.24) is 0 Å². The van der Waals surface area contributed by atoms with Crippen LogP contribution in [0.1, 0.15) is 22.8 Å². The summed E-state index contributed by atoms with van der Waals surface area (Å²) < 4.78 is 29.2. The molecule has 0 bridgehead atoms. The number of hydrogen-bond acceptors (Lipinski definition) is 4. The lowest BCUT2D eigenvalue weighted by Gasteiger charge is -2.09. The fourth-order valence-corrected chi connectivity index (χ4v) is 2.15. The van der Waals surface area contributed by atoms with Crippen LogP contribution < -0.4 is 14.2 Å². The zero-order valence-electron chi connectivity index (χ0n) is 13.8. The van der Waals surface area contributed by atoms with Crippen molar-refractivity contribution < 1.29 is 23.4 Å². The van der Waals surface area contributed by atoms with Gasteiger partial charge < -0.3 is 14.2 Å². The lowest BCUT2D eigenvalue weighted by atomic mass is 10.1. The summed E-state index contributed by atoms with van der Waals surface area (Å²) in [6.45, 7) is 2.39. The number of methoxy groups -OCH3 is 2. The van der Waals surface area contributed by atoms with Gasteiger partial charge in [0.25, 0.3) is 0 Å². The van der Waals surface area contributed by atoms with E-state index in [2.05, 4.69) is 0 Å². The highest BCUT2D eigenvalue weighted by molar-refractivity contribution is 6.06. The smallest absolute Gasteiger partial charge is 0.185 e. The summed E-state index contributed by atoms with van der Waals surface area (Å²) in [6, 6.07) is 9.46. The lowest BCUT2D eigenvalue weighted by Crippen LogP contribution is -1.97. The number of ketones is 1. The van der Waals surface area contributed by atoms with Crippen LogP contribution in [0.4, 0.5) is 4.39 Å². The Morgan fingerprint density at radius 3 is 2.38 bits per heavy atom. The van der Waals surface area contributed by atoms with Crippen molar-refractivity contribution in [2.24, 2.45) is 0 Å². The average Bonchev–Trinajstić information content (AvgIpc) is 2.60. The summed E-state index contributed by atoms with van der Waals surface area (Å²) in [5, 5.41) is 0. The highest BCUT2D eigenvalue weighted by Gasteiger charge is 2.08. The average molecular weight is 330 g/mol. The molecule has 5 heteroatoms. The minimum Gasteiger partial charge on any atom is -0.494 e. The van der Waals surface area contributed by atoms with Crippen LogP contribution in [0.2, 0.25) is 0 Å². The van der Waals surface area contributed by atoms with Gasteiger partial charge in [-0.05, 0) is 48.9 Å². The number of carbonyl (C=O) groups is 1. The number of allylic oxidation sites excluding steroid dienone is 1. The maximum atomic E-state index is 13.7. The number of carbonyl (C=O) groups excluding carboxylic acids is 1.